The van der Waals surface area contributed by atoms with E-state index in [0.29, 0.717) is 5.92 Å². The summed E-state index contributed by atoms with van der Waals surface area (Å²) in [5.74, 6) is 4.08. The lowest BCUT2D eigenvalue weighted by Gasteiger charge is -2.34. The molecule has 39 heavy (non-hydrogen) atoms. The highest BCUT2D eigenvalue weighted by Gasteiger charge is 2.42. The fourth-order valence-corrected chi connectivity index (χ4v) is 9.11. The summed E-state index contributed by atoms with van der Waals surface area (Å²) in [5.41, 5.74) is 6.18. The Bertz CT molecular complexity index is 1890. The summed E-state index contributed by atoms with van der Waals surface area (Å²) >= 11 is 3.86. The van der Waals surface area contributed by atoms with Crippen LogP contribution in [0.1, 0.15) is 41.1 Å². The Hall–Kier alpha value is -3.54. The summed E-state index contributed by atoms with van der Waals surface area (Å²) in [4.78, 5) is 2.92. The molecule has 0 N–H and O–H groups in total. The number of aryl methyl sites for hydroxylation is 1. The van der Waals surface area contributed by atoms with Gasteiger partial charge in [-0.15, -0.1) is 22.7 Å². The van der Waals surface area contributed by atoms with Crippen molar-refractivity contribution >= 4 is 72.6 Å². The Morgan fingerprint density at radius 2 is 1.64 bits per heavy atom. The van der Waals surface area contributed by atoms with Crippen LogP contribution in [0.2, 0.25) is 0 Å². The summed E-state index contributed by atoms with van der Waals surface area (Å²) in [7, 11) is 0. The van der Waals surface area contributed by atoms with Crippen molar-refractivity contribution in [3.63, 3.8) is 0 Å². The maximum Gasteiger partial charge on any atom is 0.260 e. The van der Waals surface area contributed by atoms with Gasteiger partial charge in [-0.2, -0.15) is 0 Å². The summed E-state index contributed by atoms with van der Waals surface area (Å²) in [6.45, 7) is 8.49. The van der Waals surface area contributed by atoms with Crippen LogP contribution in [0.3, 0.4) is 0 Å². The van der Waals surface area contributed by atoms with Gasteiger partial charge in [0.05, 0.1) is 0 Å². The number of benzene rings is 2. The van der Waals surface area contributed by atoms with Crippen LogP contribution in [0.5, 0.6) is 11.5 Å². The fraction of sp³-hybridized carbons (Fsp3) is 0.176. The Balaban J connectivity index is 1.38. The second-order valence-corrected chi connectivity index (χ2v) is 13.1. The van der Waals surface area contributed by atoms with Crippen LogP contribution in [0, 0.1) is 5.92 Å². The van der Waals surface area contributed by atoms with Gasteiger partial charge in [-0.25, -0.2) is 0 Å². The number of hydrogen-bond donors (Lipinski definition) is 0. The standard InChI is InChI=1S/C34H27BO2S2/c1-4-26-34-27(5-2)37-29-16-23-21-13-12-19(3)14-31(21)39-33(23)18-25(29)35(34)24-17-32-22(15-28(24)36-26)20-10-8-6-7-9-11-30(20)38-32/h4-8,10,12-13,15-19H,1,9,11,14H2,2-3H3/b7-6?,10-8-,27-5+. The first kappa shape index (κ1) is 23.4. The number of hydrogen-bond acceptors (Lipinski definition) is 4. The third-order valence-corrected chi connectivity index (χ3v) is 10.8. The van der Waals surface area contributed by atoms with Gasteiger partial charge >= 0.3 is 0 Å². The Morgan fingerprint density at radius 1 is 0.923 bits per heavy atom. The zero-order chi connectivity index (χ0) is 26.2. The zero-order valence-electron chi connectivity index (χ0n) is 22.0. The van der Waals surface area contributed by atoms with Gasteiger partial charge < -0.3 is 9.47 Å². The molecule has 0 spiro atoms. The SMILES string of the molecule is C=CC1=C2B(c3cc4sc5c(c4cc3O1)/C=C\C=CCC5)c1cc3sc4c(c3cc1O/C2=C/C)C=CC(C)C4. The van der Waals surface area contributed by atoms with Crippen molar-refractivity contribution in [2.75, 3.05) is 0 Å². The van der Waals surface area contributed by atoms with Crippen LogP contribution < -0.4 is 20.4 Å². The molecule has 2 aliphatic carbocycles. The van der Waals surface area contributed by atoms with Crippen LogP contribution in [-0.4, -0.2) is 6.71 Å². The minimum absolute atomic E-state index is 0.0287. The molecular formula is C34H27BO2S2. The molecule has 8 rings (SSSR count). The summed E-state index contributed by atoms with van der Waals surface area (Å²) < 4.78 is 15.8. The number of thiophene rings is 2. The quantitative estimate of drug-likeness (QED) is 0.226. The molecule has 2 aromatic heterocycles. The predicted octanol–water partition coefficient (Wildman–Crippen LogP) is 8.11. The monoisotopic (exact) mass is 542 g/mol. The van der Waals surface area contributed by atoms with Gasteiger partial charge in [-0.05, 0) is 90.6 Å². The summed E-state index contributed by atoms with van der Waals surface area (Å²) in [5, 5.41) is 2.57. The maximum absolute atomic E-state index is 6.61. The average Bonchev–Trinajstić information content (AvgIpc) is 3.44. The summed E-state index contributed by atoms with van der Waals surface area (Å²) in [6, 6.07) is 9.29. The number of allylic oxidation sites excluding steroid dienone is 7. The third-order valence-electron chi connectivity index (χ3n) is 8.35. The van der Waals surface area contributed by atoms with Crippen molar-refractivity contribution in [2.24, 2.45) is 5.92 Å². The van der Waals surface area contributed by atoms with Crippen molar-refractivity contribution in [1.82, 2.24) is 0 Å². The van der Waals surface area contributed by atoms with Gasteiger partial charge in [-0.1, -0.05) is 50.0 Å². The highest BCUT2D eigenvalue weighted by Crippen LogP contribution is 2.43. The molecule has 0 bridgehead atoms. The highest BCUT2D eigenvalue weighted by atomic mass is 32.1. The van der Waals surface area contributed by atoms with Gasteiger partial charge in [0.2, 0.25) is 0 Å². The first-order chi connectivity index (χ1) is 19.1. The predicted molar refractivity (Wildman–Crippen MR) is 169 cm³/mol. The van der Waals surface area contributed by atoms with Gasteiger partial charge in [0, 0.05) is 35.4 Å². The molecule has 1 atom stereocenters. The Labute approximate surface area is 237 Å². The third kappa shape index (κ3) is 3.46. The molecule has 5 heteroatoms. The van der Waals surface area contributed by atoms with E-state index in [1.807, 2.05) is 35.7 Å². The minimum Gasteiger partial charge on any atom is -0.459 e. The van der Waals surface area contributed by atoms with E-state index >= 15 is 0 Å². The van der Waals surface area contributed by atoms with E-state index < -0.39 is 0 Å². The molecule has 0 saturated heterocycles. The second kappa shape index (κ2) is 8.74. The van der Waals surface area contributed by atoms with Gasteiger partial charge in [-0.3, -0.25) is 0 Å². The van der Waals surface area contributed by atoms with E-state index in [4.69, 9.17) is 9.47 Å². The number of fused-ring (bicyclic) bond motifs is 11. The molecule has 4 aliphatic rings. The van der Waals surface area contributed by atoms with Crippen LogP contribution >= 0.6 is 22.7 Å². The minimum atomic E-state index is 0.0287. The van der Waals surface area contributed by atoms with E-state index in [1.54, 1.807) is 0 Å². The van der Waals surface area contributed by atoms with E-state index in [0.717, 1.165) is 47.8 Å². The van der Waals surface area contributed by atoms with Crippen molar-refractivity contribution in [3.8, 4) is 11.5 Å². The molecule has 2 aliphatic heterocycles. The first-order valence-electron chi connectivity index (χ1n) is 13.7. The molecule has 4 heterocycles. The largest absolute Gasteiger partial charge is 0.459 e. The van der Waals surface area contributed by atoms with Crippen molar-refractivity contribution in [1.29, 1.82) is 0 Å². The van der Waals surface area contributed by atoms with Crippen molar-refractivity contribution < 1.29 is 9.47 Å². The molecular weight excluding hydrogens is 515 g/mol. The maximum atomic E-state index is 6.61. The average molecular weight is 543 g/mol. The first-order valence-corrected chi connectivity index (χ1v) is 15.3. The lowest BCUT2D eigenvalue weighted by atomic mass is 9.34. The topological polar surface area (TPSA) is 18.5 Å². The zero-order valence-corrected chi connectivity index (χ0v) is 23.7. The van der Waals surface area contributed by atoms with Crippen LogP contribution in [0.15, 0.2) is 84.3 Å². The highest BCUT2D eigenvalue weighted by molar-refractivity contribution is 7.20. The Kier molecular flexibility index (Phi) is 5.23. The molecule has 0 fully saturated rings. The smallest absolute Gasteiger partial charge is 0.260 e. The Morgan fingerprint density at radius 3 is 2.38 bits per heavy atom. The molecule has 2 aromatic carbocycles. The molecule has 0 saturated carbocycles. The van der Waals surface area contributed by atoms with E-state index in [-0.39, 0.29) is 6.71 Å². The second-order valence-electron chi connectivity index (χ2n) is 10.8. The molecule has 2 nitrogen and oxygen atoms in total. The summed E-state index contributed by atoms with van der Waals surface area (Å²) in [6.07, 6.45) is 20.6. The van der Waals surface area contributed by atoms with E-state index in [9.17, 15) is 0 Å². The normalized spacial score (nSPS) is 20.9. The fourth-order valence-electron chi connectivity index (χ4n) is 6.51. The van der Waals surface area contributed by atoms with Gasteiger partial charge in [0.1, 0.15) is 23.0 Å². The molecule has 0 radical (unpaired) electrons. The lowest BCUT2D eigenvalue weighted by molar-refractivity contribution is 0.410. The molecule has 0 amide bonds. The molecule has 4 aromatic rings. The molecule has 190 valence electrons. The number of ether oxygens (including phenoxy) is 2. The van der Waals surface area contributed by atoms with Crippen molar-refractivity contribution in [2.45, 2.75) is 33.1 Å². The van der Waals surface area contributed by atoms with E-state index in [1.165, 1.54) is 52.0 Å². The van der Waals surface area contributed by atoms with E-state index in [2.05, 4.69) is 80.3 Å². The van der Waals surface area contributed by atoms with Crippen LogP contribution in [0.4, 0.5) is 0 Å². The van der Waals surface area contributed by atoms with Gasteiger partial charge in [0.15, 0.2) is 0 Å². The van der Waals surface area contributed by atoms with Crippen LogP contribution in [0.25, 0.3) is 32.3 Å². The van der Waals surface area contributed by atoms with Crippen molar-refractivity contribution in [3.05, 3.63) is 105 Å². The molecule has 1 unspecified atom stereocenters. The lowest BCUT2D eigenvalue weighted by Crippen LogP contribution is -2.51. The number of rotatable bonds is 1. The van der Waals surface area contributed by atoms with Gasteiger partial charge in [0.25, 0.3) is 6.71 Å². The van der Waals surface area contributed by atoms with Crippen LogP contribution in [-0.2, 0) is 12.8 Å².